The van der Waals surface area contributed by atoms with Crippen LogP contribution >= 0.6 is 11.6 Å². The van der Waals surface area contributed by atoms with Crippen LogP contribution in [0.3, 0.4) is 0 Å². The second-order valence-electron chi connectivity index (χ2n) is 4.53. The maximum absolute atomic E-state index is 11.0. The Balaban J connectivity index is 1.73. The van der Waals surface area contributed by atoms with Gasteiger partial charge in [-0.2, -0.15) is 0 Å². The Labute approximate surface area is 111 Å². The monoisotopic (exact) mass is 268 g/mol. The summed E-state index contributed by atoms with van der Waals surface area (Å²) in [5.41, 5.74) is 0.836. The predicted octanol–water partition coefficient (Wildman–Crippen LogP) is 1.24. The highest BCUT2D eigenvalue weighted by molar-refractivity contribution is 6.30. The van der Waals surface area contributed by atoms with Crippen LogP contribution in [0.4, 0.5) is 0 Å². The Morgan fingerprint density at radius 2 is 2.17 bits per heavy atom. The van der Waals surface area contributed by atoms with Crippen LogP contribution in [-0.4, -0.2) is 30.1 Å². The van der Waals surface area contributed by atoms with Crippen LogP contribution in [0.5, 0.6) is 0 Å². The standard InChI is InChI=1S/C13H17ClN2O2/c14-10-3-1-9(2-4-10)12(17)8-15-7-11-5-6-13(18)16-11/h1-4,11-12,15,17H,5-8H2,(H,16,18). The minimum absolute atomic E-state index is 0.111. The minimum Gasteiger partial charge on any atom is -0.387 e. The molecular weight excluding hydrogens is 252 g/mol. The molecule has 5 heteroatoms. The molecule has 0 spiro atoms. The van der Waals surface area contributed by atoms with E-state index in [0.717, 1.165) is 12.0 Å². The summed E-state index contributed by atoms with van der Waals surface area (Å²) >= 11 is 5.78. The van der Waals surface area contributed by atoms with Crippen LogP contribution in [0.15, 0.2) is 24.3 Å². The second-order valence-corrected chi connectivity index (χ2v) is 4.97. The zero-order valence-electron chi connectivity index (χ0n) is 10.0. The van der Waals surface area contributed by atoms with Crippen LogP contribution in [-0.2, 0) is 4.79 Å². The van der Waals surface area contributed by atoms with Crippen LogP contribution in [0.2, 0.25) is 5.02 Å². The molecule has 0 aromatic heterocycles. The SMILES string of the molecule is O=C1CCC(CNCC(O)c2ccc(Cl)cc2)N1. The maximum atomic E-state index is 11.0. The van der Waals surface area contributed by atoms with Crippen molar-refractivity contribution in [1.82, 2.24) is 10.6 Å². The highest BCUT2D eigenvalue weighted by Gasteiger charge is 2.20. The van der Waals surface area contributed by atoms with Crippen molar-refractivity contribution < 1.29 is 9.90 Å². The van der Waals surface area contributed by atoms with Gasteiger partial charge in [-0.1, -0.05) is 23.7 Å². The Morgan fingerprint density at radius 3 is 2.78 bits per heavy atom. The van der Waals surface area contributed by atoms with Gasteiger partial charge in [0.05, 0.1) is 6.10 Å². The maximum Gasteiger partial charge on any atom is 0.220 e. The van der Waals surface area contributed by atoms with E-state index in [2.05, 4.69) is 10.6 Å². The smallest absolute Gasteiger partial charge is 0.220 e. The second kappa shape index (κ2) is 6.18. The topological polar surface area (TPSA) is 61.4 Å². The number of hydrogen-bond acceptors (Lipinski definition) is 3. The molecule has 0 saturated carbocycles. The lowest BCUT2D eigenvalue weighted by atomic mass is 10.1. The molecule has 98 valence electrons. The van der Waals surface area contributed by atoms with E-state index in [1.165, 1.54) is 0 Å². The molecule has 1 fully saturated rings. The van der Waals surface area contributed by atoms with E-state index >= 15 is 0 Å². The van der Waals surface area contributed by atoms with Gasteiger partial charge in [-0.15, -0.1) is 0 Å². The van der Waals surface area contributed by atoms with Gasteiger partial charge in [0.15, 0.2) is 0 Å². The summed E-state index contributed by atoms with van der Waals surface area (Å²) in [5, 5.41) is 16.6. The highest BCUT2D eigenvalue weighted by atomic mass is 35.5. The summed E-state index contributed by atoms with van der Waals surface area (Å²) in [6, 6.07) is 7.34. The predicted molar refractivity (Wildman–Crippen MR) is 70.4 cm³/mol. The van der Waals surface area contributed by atoms with Crippen molar-refractivity contribution in [2.45, 2.75) is 25.0 Å². The van der Waals surface area contributed by atoms with Crippen LogP contribution < -0.4 is 10.6 Å². The number of amides is 1. The van der Waals surface area contributed by atoms with Crippen molar-refractivity contribution in [3.8, 4) is 0 Å². The van der Waals surface area contributed by atoms with E-state index in [0.29, 0.717) is 24.5 Å². The van der Waals surface area contributed by atoms with Crippen molar-refractivity contribution in [1.29, 1.82) is 0 Å². The average Bonchev–Trinajstić information content (AvgIpc) is 2.76. The summed E-state index contributed by atoms with van der Waals surface area (Å²) in [4.78, 5) is 11.0. The first-order valence-corrected chi connectivity index (χ1v) is 6.46. The molecule has 2 unspecified atom stereocenters. The Hall–Kier alpha value is -1.10. The molecule has 1 aromatic rings. The van der Waals surface area contributed by atoms with Crippen molar-refractivity contribution in [2.75, 3.05) is 13.1 Å². The Morgan fingerprint density at radius 1 is 1.44 bits per heavy atom. The van der Waals surface area contributed by atoms with Gasteiger partial charge in [-0.3, -0.25) is 4.79 Å². The lowest BCUT2D eigenvalue weighted by Crippen LogP contribution is -2.37. The molecule has 4 nitrogen and oxygen atoms in total. The number of nitrogens with one attached hydrogen (secondary N) is 2. The summed E-state index contributed by atoms with van der Waals surface area (Å²) in [5.74, 6) is 0.111. The molecule has 0 aliphatic carbocycles. The molecule has 0 bridgehead atoms. The number of halogens is 1. The summed E-state index contributed by atoms with van der Waals surface area (Å²) in [6.07, 6.45) is 0.911. The molecule has 0 radical (unpaired) electrons. The lowest BCUT2D eigenvalue weighted by molar-refractivity contribution is -0.119. The molecule has 1 aromatic carbocycles. The van der Waals surface area contributed by atoms with E-state index in [9.17, 15) is 9.90 Å². The summed E-state index contributed by atoms with van der Waals surface area (Å²) in [7, 11) is 0. The van der Waals surface area contributed by atoms with E-state index in [4.69, 9.17) is 11.6 Å². The molecule has 1 saturated heterocycles. The van der Waals surface area contributed by atoms with Gasteiger partial charge in [0.2, 0.25) is 5.91 Å². The molecule has 18 heavy (non-hydrogen) atoms. The molecule has 1 amide bonds. The fraction of sp³-hybridized carbons (Fsp3) is 0.462. The van der Waals surface area contributed by atoms with Gasteiger partial charge >= 0.3 is 0 Å². The Bertz CT molecular complexity index is 408. The van der Waals surface area contributed by atoms with Gasteiger partial charge < -0.3 is 15.7 Å². The van der Waals surface area contributed by atoms with Gasteiger partial charge in [0, 0.05) is 30.6 Å². The number of carbonyl (C=O) groups is 1. The number of aliphatic hydroxyl groups is 1. The zero-order chi connectivity index (χ0) is 13.0. The molecule has 1 aliphatic rings. The first-order chi connectivity index (χ1) is 8.65. The quantitative estimate of drug-likeness (QED) is 0.753. The van der Waals surface area contributed by atoms with Crippen LogP contribution in [0.25, 0.3) is 0 Å². The van der Waals surface area contributed by atoms with Crippen molar-refractivity contribution in [3.63, 3.8) is 0 Å². The summed E-state index contributed by atoms with van der Waals surface area (Å²) in [6.45, 7) is 1.16. The van der Waals surface area contributed by atoms with Crippen molar-refractivity contribution in [2.24, 2.45) is 0 Å². The van der Waals surface area contributed by atoms with Crippen molar-refractivity contribution in [3.05, 3.63) is 34.9 Å². The first kappa shape index (κ1) is 13.3. The number of rotatable bonds is 5. The van der Waals surface area contributed by atoms with Gasteiger partial charge in [0.1, 0.15) is 0 Å². The Kier molecular flexibility index (Phi) is 4.58. The van der Waals surface area contributed by atoms with Gasteiger partial charge in [-0.05, 0) is 24.1 Å². The number of hydrogen-bond donors (Lipinski definition) is 3. The molecule has 1 aliphatic heterocycles. The third kappa shape index (κ3) is 3.70. The molecule has 1 heterocycles. The van der Waals surface area contributed by atoms with Crippen LogP contribution in [0.1, 0.15) is 24.5 Å². The molecule has 2 atom stereocenters. The fourth-order valence-corrected chi connectivity index (χ4v) is 2.15. The molecular formula is C13H17ClN2O2. The first-order valence-electron chi connectivity index (χ1n) is 6.09. The van der Waals surface area contributed by atoms with E-state index in [-0.39, 0.29) is 11.9 Å². The average molecular weight is 269 g/mol. The molecule has 2 rings (SSSR count). The zero-order valence-corrected chi connectivity index (χ0v) is 10.8. The largest absolute Gasteiger partial charge is 0.387 e. The van der Waals surface area contributed by atoms with E-state index in [1.54, 1.807) is 12.1 Å². The number of benzene rings is 1. The highest BCUT2D eigenvalue weighted by Crippen LogP contribution is 2.15. The van der Waals surface area contributed by atoms with Crippen molar-refractivity contribution >= 4 is 17.5 Å². The van der Waals surface area contributed by atoms with Gasteiger partial charge in [0.25, 0.3) is 0 Å². The fourth-order valence-electron chi connectivity index (χ4n) is 2.03. The van der Waals surface area contributed by atoms with E-state index < -0.39 is 6.10 Å². The normalized spacial score (nSPS) is 20.8. The third-order valence-corrected chi connectivity index (χ3v) is 3.32. The molecule has 3 N–H and O–H groups in total. The van der Waals surface area contributed by atoms with E-state index in [1.807, 2.05) is 12.1 Å². The number of aliphatic hydroxyl groups excluding tert-OH is 1. The third-order valence-electron chi connectivity index (χ3n) is 3.07. The van der Waals surface area contributed by atoms with Crippen LogP contribution in [0, 0.1) is 0 Å². The van der Waals surface area contributed by atoms with Gasteiger partial charge in [-0.25, -0.2) is 0 Å². The minimum atomic E-state index is -0.556. The summed E-state index contributed by atoms with van der Waals surface area (Å²) < 4.78 is 0. The lowest BCUT2D eigenvalue weighted by Gasteiger charge is -2.15. The number of carbonyl (C=O) groups excluding carboxylic acids is 1.